The monoisotopic (exact) mass is 227 g/mol. The molecule has 1 heterocycles. The highest BCUT2D eigenvalue weighted by Crippen LogP contribution is 2.25. The molecule has 1 fully saturated rings. The first kappa shape index (κ1) is 13.7. The lowest BCUT2D eigenvalue weighted by atomic mass is 9.95. The SMILES string of the molecule is CC1CCCC(C)N1C(C)CCOCC=O. The second kappa shape index (κ2) is 7.02. The first-order valence-corrected chi connectivity index (χ1v) is 6.45. The highest BCUT2D eigenvalue weighted by molar-refractivity contribution is 5.50. The van der Waals surface area contributed by atoms with Gasteiger partial charge in [0.1, 0.15) is 12.9 Å². The Labute approximate surface area is 99.1 Å². The second-order valence-corrected chi connectivity index (χ2v) is 4.96. The second-order valence-electron chi connectivity index (χ2n) is 4.96. The normalized spacial score (nSPS) is 28.9. The van der Waals surface area contributed by atoms with Gasteiger partial charge in [0, 0.05) is 24.7 Å². The van der Waals surface area contributed by atoms with Crippen molar-refractivity contribution in [3.63, 3.8) is 0 Å². The maximum Gasteiger partial charge on any atom is 0.145 e. The van der Waals surface area contributed by atoms with Crippen LogP contribution < -0.4 is 0 Å². The summed E-state index contributed by atoms with van der Waals surface area (Å²) in [5, 5.41) is 0. The zero-order valence-corrected chi connectivity index (χ0v) is 10.8. The number of hydrogen-bond acceptors (Lipinski definition) is 3. The van der Waals surface area contributed by atoms with E-state index in [1.165, 1.54) is 19.3 Å². The zero-order valence-electron chi connectivity index (χ0n) is 10.8. The van der Waals surface area contributed by atoms with Gasteiger partial charge in [0.15, 0.2) is 0 Å². The Hall–Kier alpha value is -0.410. The number of aldehydes is 1. The van der Waals surface area contributed by atoms with E-state index in [0.717, 1.165) is 12.7 Å². The molecule has 16 heavy (non-hydrogen) atoms. The molecule has 0 N–H and O–H groups in total. The van der Waals surface area contributed by atoms with Crippen LogP contribution >= 0.6 is 0 Å². The minimum absolute atomic E-state index is 0.234. The smallest absolute Gasteiger partial charge is 0.145 e. The number of hydrogen-bond donors (Lipinski definition) is 0. The fraction of sp³-hybridized carbons (Fsp3) is 0.923. The summed E-state index contributed by atoms with van der Waals surface area (Å²) in [6.07, 6.45) is 5.81. The van der Waals surface area contributed by atoms with Gasteiger partial charge < -0.3 is 9.53 Å². The summed E-state index contributed by atoms with van der Waals surface area (Å²) >= 11 is 0. The highest BCUT2D eigenvalue weighted by atomic mass is 16.5. The van der Waals surface area contributed by atoms with Crippen molar-refractivity contribution in [1.82, 2.24) is 4.90 Å². The Morgan fingerprint density at radius 2 is 2.00 bits per heavy atom. The Kier molecular flexibility index (Phi) is 5.99. The Morgan fingerprint density at radius 1 is 1.38 bits per heavy atom. The summed E-state index contributed by atoms with van der Waals surface area (Å²) in [7, 11) is 0. The zero-order chi connectivity index (χ0) is 12.0. The number of rotatable bonds is 6. The van der Waals surface area contributed by atoms with Gasteiger partial charge in [-0.15, -0.1) is 0 Å². The van der Waals surface area contributed by atoms with Crippen molar-refractivity contribution in [3.05, 3.63) is 0 Å². The fourth-order valence-electron chi connectivity index (χ4n) is 2.84. The van der Waals surface area contributed by atoms with Crippen molar-refractivity contribution >= 4 is 6.29 Å². The Bertz CT molecular complexity index is 198. The standard InChI is InChI=1S/C13H25NO2/c1-11-5-4-6-12(2)14(11)13(3)7-9-16-10-8-15/h8,11-13H,4-7,9-10H2,1-3H3. The summed E-state index contributed by atoms with van der Waals surface area (Å²) in [6.45, 7) is 7.83. The summed E-state index contributed by atoms with van der Waals surface area (Å²) < 4.78 is 5.22. The van der Waals surface area contributed by atoms with Gasteiger partial charge in [0.25, 0.3) is 0 Å². The van der Waals surface area contributed by atoms with Crippen molar-refractivity contribution in [2.45, 2.75) is 64.6 Å². The molecule has 1 rings (SSSR count). The van der Waals surface area contributed by atoms with Crippen LogP contribution in [0.4, 0.5) is 0 Å². The van der Waals surface area contributed by atoms with Gasteiger partial charge in [0.2, 0.25) is 0 Å². The summed E-state index contributed by atoms with van der Waals surface area (Å²) in [4.78, 5) is 12.7. The summed E-state index contributed by atoms with van der Waals surface area (Å²) in [5.74, 6) is 0. The number of likely N-dealkylation sites (tertiary alicyclic amines) is 1. The average molecular weight is 227 g/mol. The molecule has 1 saturated heterocycles. The van der Waals surface area contributed by atoms with Gasteiger partial charge in [-0.1, -0.05) is 6.42 Å². The van der Waals surface area contributed by atoms with Gasteiger partial charge in [-0.3, -0.25) is 4.90 Å². The van der Waals surface area contributed by atoms with Crippen molar-refractivity contribution in [2.24, 2.45) is 0 Å². The first-order valence-electron chi connectivity index (χ1n) is 6.45. The van der Waals surface area contributed by atoms with Crippen LogP contribution in [0.15, 0.2) is 0 Å². The van der Waals surface area contributed by atoms with Gasteiger partial charge in [-0.2, -0.15) is 0 Å². The van der Waals surface area contributed by atoms with Crippen LogP contribution in [0.1, 0.15) is 46.5 Å². The molecule has 1 aliphatic heterocycles. The van der Waals surface area contributed by atoms with E-state index in [1.807, 2.05) is 0 Å². The molecule has 1 aliphatic rings. The van der Waals surface area contributed by atoms with E-state index in [9.17, 15) is 4.79 Å². The van der Waals surface area contributed by atoms with E-state index in [1.54, 1.807) is 0 Å². The Balaban J connectivity index is 2.32. The van der Waals surface area contributed by atoms with Crippen LogP contribution in [0.5, 0.6) is 0 Å². The first-order chi connectivity index (χ1) is 7.66. The van der Waals surface area contributed by atoms with Crippen LogP contribution in [0.3, 0.4) is 0 Å². The molecule has 3 heteroatoms. The Morgan fingerprint density at radius 3 is 2.56 bits per heavy atom. The van der Waals surface area contributed by atoms with Crippen LogP contribution in [0.2, 0.25) is 0 Å². The average Bonchev–Trinajstić information content (AvgIpc) is 2.24. The largest absolute Gasteiger partial charge is 0.374 e. The van der Waals surface area contributed by atoms with Gasteiger partial charge >= 0.3 is 0 Å². The van der Waals surface area contributed by atoms with Crippen LogP contribution in [0, 0.1) is 0 Å². The van der Waals surface area contributed by atoms with Crippen molar-refractivity contribution in [2.75, 3.05) is 13.2 Å². The van der Waals surface area contributed by atoms with Crippen LogP contribution in [-0.2, 0) is 9.53 Å². The maximum atomic E-state index is 10.1. The molecule has 0 aromatic carbocycles. The van der Waals surface area contributed by atoms with Gasteiger partial charge in [-0.25, -0.2) is 0 Å². The molecule has 0 saturated carbocycles. The predicted molar refractivity (Wildman–Crippen MR) is 65.6 cm³/mol. The quantitative estimate of drug-likeness (QED) is 0.515. The molecule has 0 amide bonds. The lowest BCUT2D eigenvalue weighted by molar-refractivity contribution is -0.112. The molecule has 0 spiro atoms. The molecule has 3 nitrogen and oxygen atoms in total. The number of nitrogens with zero attached hydrogens (tertiary/aromatic N) is 1. The highest BCUT2D eigenvalue weighted by Gasteiger charge is 2.28. The predicted octanol–water partition coefficient (Wildman–Crippen LogP) is 2.24. The molecule has 3 atom stereocenters. The molecule has 0 aliphatic carbocycles. The van der Waals surface area contributed by atoms with E-state index < -0.39 is 0 Å². The third kappa shape index (κ3) is 3.87. The van der Waals surface area contributed by atoms with Gasteiger partial charge in [0.05, 0.1) is 0 Å². The molecule has 0 aromatic heterocycles. The summed E-state index contributed by atoms with van der Waals surface area (Å²) in [6, 6.07) is 1.92. The number of carbonyl (C=O) groups is 1. The minimum atomic E-state index is 0.234. The molecular weight excluding hydrogens is 202 g/mol. The topological polar surface area (TPSA) is 29.5 Å². The maximum absolute atomic E-state index is 10.1. The van der Waals surface area contributed by atoms with E-state index in [0.29, 0.717) is 24.7 Å². The van der Waals surface area contributed by atoms with Crippen molar-refractivity contribution in [1.29, 1.82) is 0 Å². The van der Waals surface area contributed by atoms with Crippen LogP contribution in [-0.4, -0.2) is 42.5 Å². The molecule has 0 bridgehead atoms. The summed E-state index contributed by atoms with van der Waals surface area (Å²) in [5.41, 5.74) is 0. The molecule has 3 unspecified atom stereocenters. The molecule has 94 valence electrons. The number of carbonyl (C=O) groups excluding carboxylic acids is 1. The van der Waals surface area contributed by atoms with Gasteiger partial charge in [-0.05, 0) is 40.0 Å². The third-order valence-electron chi connectivity index (χ3n) is 3.64. The minimum Gasteiger partial charge on any atom is -0.374 e. The van der Waals surface area contributed by atoms with Crippen molar-refractivity contribution in [3.8, 4) is 0 Å². The van der Waals surface area contributed by atoms with E-state index in [-0.39, 0.29) is 6.61 Å². The number of ether oxygens (including phenoxy) is 1. The van der Waals surface area contributed by atoms with E-state index in [4.69, 9.17) is 4.74 Å². The fourth-order valence-corrected chi connectivity index (χ4v) is 2.84. The van der Waals surface area contributed by atoms with Crippen LogP contribution in [0.25, 0.3) is 0 Å². The number of piperidine rings is 1. The lowest BCUT2D eigenvalue weighted by Crippen LogP contribution is -2.49. The van der Waals surface area contributed by atoms with Crippen molar-refractivity contribution < 1.29 is 9.53 Å². The third-order valence-corrected chi connectivity index (χ3v) is 3.64. The van der Waals surface area contributed by atoms with E-state index >= 15 is 0 Å². The molecule has 0 radical (unpaired) electrons. The lowest BCUT2D eigenvalue weighted by Gasteiger charge is -2.43. The molecule has 0 aromatic rings. The molecular formula is C13H25NO2. The van der Waals surface area contributed by atoms with E-state index in [2.05, 4.69) is 25.7 Å².